The van der Waals surface area contributed by atoms with Gasteiger partial charge in [0.05, 0.1) is 37.9 Å². The number of aliphatic hydroxyl groups excluding tert-OH is 5. The molecular weight excluding hydrogens is 284 g/mol. The standard InChI is InChI=1S/C13H24O8/c14-7-13(8-15,9-16)10(3-1-4-11(17)18)21-6-2-5-12(19)20/h1-2,4-5,10-12,14-20H,3,6-9H2/b4-1+,5-2+. The molecule has 0 amide bonds. The van der Waals surface area contributed by atoms with Gasteiger partial charge in [-0.25, -0.2) is 0 Å². The predicted octanol–water partition coefficient (Wildman–Crippen LogP) is -2.54. The maximum atomic E-state index is 9.38. The van der Waals surface area contributed by atoms with Gasteiger partial charge in [-0.1, -0.05) is 12.2 Å². The monoisotopic (exact) mass is 308 g/mol. The van der Waals surface area contributed by atoms with Gasteiger partial charge < -0.3 is 40.5 Å². The van der Waals surface area contributed by atoms with Gasteiger partial charge in [-0.2, -0.15) is 0 Å². The van der Waals surface area contributed by atoms with Crippen LogP contribution in [-0.4, -0.2) is 80.9 Å². The minimum absolute atomic E-state index is 0.0421. The Labute approximate surface area is 122 Å². The van der Waals surface area contributed by atoms with Crippen molar-refractivity contribution in [3.05, 3.63) is 24.3 Å². The lowest BCUT2D eigenvalue weighted by Gasteiger charge is -2.35. The molecular formula is C13H24O8. The topological polar surface area (TPSA) is 151 Å². The summed E-state index contributed by atoms with van der Waals surface area (Å²) >= 11 is 0. The number of hydrogen-bond donors (Lipinski definition) is 7. The van der Waals surface area contributed by atoms with Gasteiger partial charge in [-0.05, 0) is 18.6 Å². The number of aliphatic hydroxyl groups is 7. The van der Waals surface area contributed by atoms with Gasteiger partial charge >= 0.3 is 0 Å². The molecule has 0 spiro atoms. The lowest BCUT2D eigenvalue weighted by Crippen LogP contribution is -2.46. The first-order valence-electron chi connectivity index (χ1n) is 6.41. The molecule has 8 nitrogen and oxygen atoms in total. The zero-order valence-corrected chi connectivity index (χ0v) is 11.6. The summed E-state index contributed by atoms with van der Waals surface area (Å²) in [6, 6.07) is 0. The highest BCUT2D eigenvalue weighted by Gasteiger charge is 2.37. The summed E-state index contributed by atoms with van der Waals surface area (Å²) in [6.07, 6.45) is 0.914. The lowest BCUT2D eigenvalue weighted by atomic mass is 9.82. The van der Waals surface area contributed by atoms with Crippen molar-refractivity contribution in [3.8, 4) is 0 Å². The Morgan fingerprint density at radius 1 is 0.810 bits per heavy atom. The molecule has 0 radical (unpaired) electrons. The Morgan fingerprint density at radius 2 is 1.29 bits per heavy atom. The van der Waals surface area contributed by atoms with Crippen molar-refractivity contribution in [3.63, 3.8) is 0 Å². The van der Waals surface area contributed by atoms with Crippen molar-refractivity contribution < 1.29 is 40.5 Å². The Morgan fingerprint density at radius 3 is 1.71 bits per heavy atom. The summed E-state index contributed by atoms with van der Waals surface area (Å²) in [5.74, 6) is 0. The van der Waals surface area contributed by atoms with E-state index in [1.165, 1.54) is 12.2 Å². The van der Waals surface area contributed by atoms with E-state index in [2.05, 4.69) is 0 Å². The van der Waals surface area contributed by atoms with Gasteiger partial charge in [0.1, 0.15) is 0 Å². The van der Waals surface area contributed by atoms with Crippen molar-refractivity contribution in [1.82, 2.24) is 0 Å². The van der Waals surface area contributed by atoms with E-state index in [4.69, 9.17) is 25.2 Å². The molecule has 0 saturated heterocycles. The molecule has 0 rings (SSSR count). The highest BCUT2D eigenvalue weighted by atomic mass is 16.5. The minimum Gasteiger partial charge on any atom is -0.396 e. The van der Waals surface area contributed by atoms with Crippen LogP contribution >= 0.6 is 0 Å². The first kappa shape index (κ1) is 20.2. The van der Waals surface area contributed by atoms with E-state index < -0.39 is 43.9 Å². The van der Waals surface area contributed by atoms with Crippen LogP contribution in [0.25, 0.3) is 0 Å². The van der Waals surface area contributed by atoms with Crippen molar-refractivity contribution >= 4 is 0 Å². The molecule has 0 aliphatic heterocycles. The SMILES string of the molecule is OCC(CO)(CO)C(C/C=C/C(O)O)OC/C=C/C(O)O. The third kappa shape index (κ3) is 7.65. The Hall–Kier alpha value is -0.840. The lowest BCUT2D eigenvalue weighted by molar-refractivity contribution is -0.106. The van der Waals surface area contributed by atoms with Gasteiger partial charge in [0, 0.05) is 0 Å². The van der Waals surface area contributed by atoms with Crippen LogP contribution in [0.2, 0.25) is 0 Å². The second-order valence-electron chi connectivity index (χ2n) is 4.58. The van der Waals surface area contributed by atoms with E-state index in [1.807, 2.05) is 0 Å². The van der Waals surface area contributed by atoms with Crippen LogP contribution in [-0.2, 0) is 4.74 Å². The molecule has 124 valence electrons. The first-order chi connectivity index (χ1) is 9.91. The van der Waals surface area contributed by atoms with Crippen LogP contribution in [0.5, 0.6) is 0 Å². The van der Waals surface area contributed by atoms with Gasteiger partial charge in [0.15, 0.2) is 12.6 Å². The van der Waals surface area contributed by atoms with Gasteiger partial charge in [0.2, 0.25) is 0 Å². The maximum absolute atomic E-state index is 9.38. The highest BCUT2D eigenvalue weighted by Crippen LogP contribution is 2.26. The molecule has 0 aromatic rings. The fourth-order valence-corrected chi connectivity index (χ4v) is 1.62. The molecule has 0 saturated carbocycles. The molecule has 8 heteroatoms. The third-order valence-corrected chi connectivity index (χ3v) is 2.99. The summed E-state index contributed by atoms with van der Waals surface area (Å²) in [4.78, 5) is 0. The van der Waals surface area contributed by atoms with E-state index in [-0.39, 0.29) is 13.0 Å². The summed E-state index contributed by atoms with van der Waals surface area (Å²) < 4.78 is 5.41. The molecule has 21 heavy (non-hydrogen) atoms. The van der Waals surface area contributed by atoms with E-state index in [0.29, 0.717) is 0 Å². The zero-order chi connectivity index (χ0) is 16.3. The second kappa shape index (κ2) is 10.8. The second-order valence-corrected chi connectivity index (χ2v) is 4.58. The van der Waals surface area contributed by atoms with Crippen molar-refractivity contribution in [1.29, 1.82) is 0 Å². The summed E-state index contributed by atoms with van der Waals surface area (Å²) in [7, 11) is 0. The summed E-state index contributed by atoms with van der Waals surface area (Å²) in [5, 5.41) is 62.9. The normalized spacial score (nSPS) is 14.9. The van der Waals surface area contributed by atoms with E-state index in [0.717, 1.165) is 12.2 Å². The van der Waals surface area contributed by atoms with E-state index in [9.17, 15) is 15.3 Å². The molecule has 1 unspecified atom stereocenters. The molecule has 0 aliphatic carbocycles. The molecule has 0 fully saturated rings. The minimum atomic E-state index is -1.64. The Bertz CT molecular complexity index is 301. The number of hydrogen-bond acceptors (Lipinski definition) is 8. The van der Waals surface area contributed by atoms with Crippen LogP contribution in [0.3, 0.4) is 0 Å². The molecule has 0 heterocycles. The molecule has 0 aromatic heterocycles. The number of ether oxygens (including phenoxy) is 1. The molecule has 0 aliphatic rings. The van der Waals surface area contributed by atoms with Crippen LogP contribution in [0.4, 0.5) is 0 Å². The van der Waals surface area contributed by atoms with Crippen molar-refractivity contribution in [2.75, 3.05) is 26.4 Å². The molecule has 7 N–H and O–H groups in total. The van der Waals surface area contributed by atoms with Crippen LogP contribution in [0.15, 0.2) is 24.3 Å². The fraction of sp³-hybridized carbons (Fsp3) is 0.692. The quantitative estimate of drug-likeness (QED) is 0.163. The van der Waals surface area contributed by atoms with Crippen LogP contribution in [0.1, 0.15) is 6.42 Å². The predicted molar refractivity (Wildman–Crippen MR) is 72.8 cm³/mol. The van der Waals surface area contributed by atoms with E-state index >= 15 is 0 Å². The van der Waals surface area contributed by atoms with Gasteiger partial charge in [0.25, 0.3) is 0 Å². The van der Waals surface area contributed by atoms with E-state index in [1.54, 1.807) is 0 Å². The highest BCUT2D eigenvalue weighted by molar-refractivity contribution is 4.95. The zero-order valence-electron chi connectivity index (χ0n) is 11.6. The average Bonchev–Trinajstić information content (AvgIpc) is 2.44. The van der Waals surface area contributed by atoms with Crippen LogP contribution in [0, 0.1) is 5.41 Å². The Kier molecular flexibility index (Phi) is 10.4. The third-order valence-electron chi connectivity index (χ3n) is 2.99. The maximum Gasteiger partial charge on any atom is 0.171 e. The Balaban J connectivity index is 4.82. The molecule has 0 bridgehead atoms. The number of rotatable bonds is 11. The smallest absolute Gasteiger partial charge is 0.171 e. The summed E-state index contributed by atoms with van der Waals surface area (Å²) in [6.45, 7) is -1.65. The van der Waals surface area contributed by atoms with Crippen molar-refractivity contribution in [2.45, 2.75) is 25.1 Å². The molecule has 0 aromatic carbocycles. The van der Waals surface area contributed by atoms with Gasteiger partial charge in [-0.15, -0.1) is 0 Å². The first-order valence-corrected chi connectivity index (χ1v) is 6.41. The van der Waals surface area contributed by atoms with Crippen LogP contribution < -0.4 is 0 Å². The molecule has 1 atom stereocenters. The van der Waals surface area contributed by atoms with Crippen molar-refractivity contribution in [2.24, 2.45) is 5.41 Å². The average molecular weight is 308 g/mol. The van der Waals surface area contributed by atoms with Gasteiger partial charge in [-0.3, -0.25) is 0 Å². The summed E-state index contributed by atoms with van der Waals surface area (Å²) in [5.41, 5.74) is -1.31. The fourth-order valence-electron chi connectivity index (χ4n) is 1.62. The largest absolute Gasteiger partial charge is 0.396 e.